The normalized spacial score (nSPS) is 24.1. The lowest BCUT2D eigenvalue weighted by atomic mass is 9.90. The Hall–Kier alpha value is -3.70. The van der Waals surface area contributed by atoms with Crippen LogP contribution in [0.1, 0.15) is 62.5 Å². The zero-order valence-electron chi connectivity index (χ0n) is 26.7. The number of nitrogens with one attached hydrogen (secondary N) is 1. The molecule has 6 bridgehead atoms. The summed E-state index contributed by atoms with van der Waals surface area (Å²) >= 11 is 0. The molecular weight excluding hydrogens is 574 g/mol. The third-order valence-corrected chi connectivity index (χ3v) is 8.77. The Morgan fingerprint density at radius 3 is 2.53 bits per heavy atom. The fourth-order valence-corrected chi connectivity index (χ4v) is 6.41. The van der Waals surface area contributed by atoms with E-state index in [9.17, 15) is 19.5 Å². The van der Waals surface area contributed by atoms with Crippen LogP contribution in [0.25, 0.3) is 0 Å². The number of amides is 3. The number of hydrogen-bond acceptors (Lipinski definition) is 8. The van der Waals surface area contributed by atoms with Crippen LogP contribution in [0.5, 0.6) is 11.6 Å². The molecule has 2 atom stereocenters. The highest BCUT2D eigenvalue weighted by molar-refractivity contribution is 5.92. The number of hydrogen-bond donors (Lipinski definition) is 2. The summed E-state index contributed by atoms with van der Waals surface area (Å²) in [6, 6.07) is 11.5. The fraction of sp³-hybridized carbons (Fsp3) is 0.588. The highest BCUT2D eigenvalue weighted by Gasteiger charge is 2.40. The molecule has 11 nitrogen and oxygen atoms in total. The van der Waals surface area contributed by atoms with Gasteiger partial charge in [-0.2, -0.15) is 0 Å². The Bertz CT molecular complexity index is 1340. The van der Waals surface area contributed by atoms with E-state index in [4.69, 9.17) is 9.47 Å². The molecule has 4 aliphatic rings. The predicted octanol–water partition coefficient (Wildman–Crippen LogP) is 3.07. The molecular formula is C34H47N5O6. The number of para-hydroxylation sites is 1. The highest BCUT2D eigenvalue weighted by Crippen LogP contribution is 2.29. The number of pyridine rings is 1. The van der Waals surface area contributed by atoms with Gasteiger partial charge in [-0.05, 0) is 42.7 Å². The summed E-state index contributed by atoms with van der Waals surface area (Å²) in [5.41, 5.74) is 0.845. The van der Waals surface area contributed by atoms with E-state index < -0.39 is 6.04 Å². The van der Waals surface area contributed by atoms with Crippen molar-refractivity contribution in [3.8, 4) is 11.6 Å². The number of likely N-dealkylation sites (tertiary alicyclic amines) is 1. The van der Waals surface area contributed by atoms with Gasteiger partial charge >= 0.3 is 0 Å². The van der Waals surface area contributed by atoms with E-state index >= 15 is 0 Å². The number of carbonyl (C=O) groups excluding carboxylic acids is 3. The van der Waals surface area contributed by atoms with Gasteiger partial charge in [-0.15, -0.1) is 0 Å². The molecule has 0 saturated carbocycles. The Balaban J connectivity index is 1.35. The van der Waals surface area contributed by atoms with Crippen molar-refractivity contribution in [3.05, 3.63) is 53.7 Å². The molecule has 2 fully saturated rings. The summed E-state index contributed by atoms with van der Waals surface area (Å²) in [4.78, 5) is 50.9. The van der Waals surface area contributed by atoms with Crippen molar-refractivity contribution < 1.29 is 29.0 Å². The number of ether oxygens (including phenoxy) is 2. The van der Waals surface area contributed by atoms with Crippen LogP contribution in [-0.2, 0) is 20.9 Å². The molecule has 1 aromatic carbocycles. The largest absolute Gasteiger partial charge is 0.508 e. The van der Waals surface area contributed by atoms with Crippen LogP contribution < -0.4 is 10.1 Å². The van der Waals surface area contributed by atoms with Crippen molar-refractivity contribution >= 4 is 17.7 Å². The summed E-state index contributed by atoms with van der Waals surface area (Å²) in [6.07, 6.45) is 2.54. The zero-order chi connectivity index (χ0) is 32.0. The maximum Gasteiger partial charge on any atom is 0.270 e. The lowest BCUT2D eigenvalue weighted by Crippen LogP contribution is -2.49. The van der Waals surface area contributed by atoms with Crippen molar-refractivity contribution in [2.24, 2.45) is 11.3 Å². The molecule has 6 rings (SSSR count). The first-order chi connectivity index (χ1) is 21.6. The fourth-order valence-electron chi connectivity index (χ4n) is 6.41. The van der Waals surface area contributed by atoms with Crippen LogP contribution in [0.4, 0.5) is 0 Å². The van der Waals surface area contributed by atoms with Gasteiger partial charge in [0.25, 0.3) is 5.91 Å². The van der Waals surface area contributed by atoms with Gasteiger partial charge < -0.3 is 29.7 Å². The minimum absolute atomic E-state index is 0.0362. The van der Waals surface area contributed by atoms with Gasteiger partial charge in [0, 0.05) is 63.4 Å². The van der Waals surface area contributed by atoms with Gasteiger partial charge in [0.15, 0.2) is 0 Å². The summed E-state index contributed by atoms with van der Waals surface area (Å²) in [7, 11) is 0. The molecule has 0 aliphatic carbocycles. The molecule has 0 unspecified atom stereocenters. The predicted molar refractivity (Wildman–Crippen MR) is 169 cm³/mol. The second-order valence-corrected chi connectivity index (χ2v) is 13.6. The lowest BCUT2D eigenvalue weighted by molar-refractivity contribution is -0.139. The maximum atomic E-state index is 14.0. The van der Waals surface area contributed by atoms with Crippen LogP contribution in [0.2, 0.25) is 0 Å². The molecule has 244 valence electrons. The number of rotatable bonds is 3. The van der Waals surface area contributed by atoms with Crippen molar-refractivity contribution in [3.63, 3.8) is 0 Å². The van der Waals surface area contributed by atoms with E-state index in [0.717, 1.165) is 18.4 Å². The van der Waals surface area contributed by atoms with Gasteiger partial charge in [0.05, 0.1) is 19.3 Å². The van der Waals surface area contributed by atoms with Gasteiger partial charge in [-0.1, -0.05) is 45.0 Å². The molecule has 45 heavy (non-hydrogen) atoms. The van der Waals surface area contributed by atoms with E-state index in [1.165, 1.54) is 0 Å². The lowest BCUT2D eigenvalue weighted by Gasteiger charge is -2.37. The number of phenolic OH excluding ortho intramolecular Hbond substituents is 1. The molecule has 2 aromatic rings. The first-order valence-corrected chi connectivity index (χ1v) is 16.1. The summed E-state index contributed by atoms with van der Waals surface area (Å²) < 4.78 is 11.6. The van der Waals surface area contributed by atoms with Crippen molar-refractivity contribution in [2.45, 2.75) is 65.1 Å². The van der Waals surface area contributed by atoms with Crippen molar-refractivity contribution in [2.75, 3.05) is 52.5 Å². The number of piperidine rings is 1. The molecule has 2 saturated heterocycles. The number of phenols is 1. The Morgan fingerprint density at radius 1 is 1.00 bits per heavy atom. The van der Waals surface area contributed by atoms with Gasteiger partial charge in [0.1, 0.15) is 18.1 Å². The summed E-state index contributed by atoms with van der Waals surface area (Å²) in [5, 5.41) is 13.6. The monoisotopic (exact) mass is 621 g/mol. The number of carbonyl (C=O) groups is 3. The van der Waals surface area contributed by atoms with Gasteiger partial charge in [-0.25, -0.2) is 4.98 Å². The van der Waals surface area contributed by atoms with E-state index in [1.54, 1.807) is 30.3 Å². The molecule has 3 amide bonds. The first-order valence-electron chi connectivity index (χ1n) is 16.1. The molecule has 0 spiro atoms. The third kappa shape index (κ3) is 8.94. The second-order valence-electron chi connectivity index (χ2n) is 13.6. The zero-order valence-corrected chi connectivity index (χ0v) is 26.7. The third-order valence-electron chi connectivity index (χ3n) is 8.77. The topological polar surface area (TPSA) is 125 Å². The van der Waals surface area contributed by atoms with Crippen LogP contribution in [0.3, 0.4) is 0 Å². The Kier molecular flexibility index (Phi) is 10.6. The highest BCUT2D eigenvalue weighted by atomic mass is 16.5. The Morgan fingerprint density at radius 2 is 1.78 bits per heavy atom. The number of nitrogens with zero attached hydrogens (tertiary/aromatic N) is 4. The van der Waals surface area contributed by atoms with E-state index in [2.05, 4.69) is 36.0 Å². The minimum atomic E-state index is -0.440. The molecule has 5 heterocycles. The molecule has 1 aromatic heterocycles. The van der Waals surface area contributed by atoms with Gasteiger partial charge in [-0.3, -0.25) is 19.3 Å². The number of aromatic nitrogens is 1. The van der Waals surface area contributed by atoms with Crippen LogP contribution in [0, 0.1) is 11.3 Å². The summed E-state index contributed by atoms with van der Waals surface area (Å²) in [5.74, 6) is 0.624. The number of aromatic hydroxyl groups is 1. The minimum Gasteiger partial charge on any atom is -0.508 e. The number of benzene rings is 1. The molecule has 0 radical (unpaired) electrons. The van der Waals surface area contributed by atoms with E-state index in [0.29, 0.717) is 77.1 Å². The van der Waals surface area contributed by atoms with Gasteiger partial charge in [0.2, 0.25) is 17.7 Å². The van der Waals surface area contributed by atoms with Crippen LogP contribution in [0.15, 0.2) is 42.5 Å². The smallest absolute Gasteiger partial charge is 0.270 e. The van der Waals surface area contributed by atoms with Crippen molar-refractivity contribution in [1.82, 2.24) is 25.0 Å². The molecule has 11 heteroatoms. The van der Waals surface area contributed by atoms with Crippen LogP contribution in [-0.4, -0.2) is 107 Å². The second kappa shape index (κ2) is 14.6. The van der Waals surface area contributed by atoms with Crippen LogP contribution >= 0.6 is 0 Å². The standard InChI is InChI=1S/C34H47N5O6/c1-34(2,3)20-31(41)38-15-16-44-17-18-45-30-10-6-8-27(36-30)32(42)35-26-19-28(33(43)37-13-11-24(21-38)12-14-37)39(23-26)22-25-7-4-5-9-29(25)40/h4-10,24,26,28,40H,11-23H2,1-3H3,(H,35,42)/t26-,28-/m0/s1. The average Bonchev–Trinajstić information content (AvgIpc) is 3.40. The quantitative estimate of drug-likeness (QED) is 0.502. The average molecular weight is 622 g/mol. The van der Waals surface area contributed by atoms with E-state index in [-0.39, 0.29) is 47.2 Å². The van der Waals surface area contributed by atoms with Crippen molar-refractivity contribution in [1.29, 1.82) is 0 Å². The summed E-state index contributed by atoms with van der Waals surface area (Å²) in [6.45, 7) is 10.4. The van der Waals surface area contributed by atoms with E-state index in [1.807, 2.05) is 21.9 Å². The number of fused-ring (bicyclic) bond motifs is 10. The molecule has 2 N–H and O–H groups in total. The molecule has 4 aliphatic heterocycles. The first kappa shape index (κ1) is 32.7. The SMILES string of the molecule is CC(C)(C)CC(=O)N1CCOCCOc2cccc(n2)C(=O)N[C@H]2C[C@@H](C(=O)N3CCC(CC3)C1)N(Cc1ccccc1O)C2. The Labute approximate surface area is 265 Å². The maximum absolute atomic E-state index is 14.0.